The zero-order chi connectivity index (χ0) is 43.4. The van der Waals surface area contributed by atoms with Crippen molar-refractivity contribution >= 4 is 38.9 Å². The highest BCUT2D eigenvalue weighted by Crippen LogP contribution is 2.42. The van der Waals surface area contributed by atoms with Crippen LogP contribution in [0, 0.1) is 5.92 Å². The van der Waals surface area contributed by atoms with Crippen LogP contribution in [-0.2, 0) is 18.3 Å². The fourth-order valence-electron chi connectivity index (χ4n) is 8.14. The Morgan fingerprint density at radius 1 is 0.737 bits per heavy atom. The number of ether oxygens (including phenoxy) is 1. The van der Waals surface area contributed by atoms with Crippen molar-refractivity contribution in [1.29, 1.82) is 0 Å². The Kier molecular flexibility index (Phi) is 8.10. The summed E-state index contributed by atoms with van der Waals surface area (Å²) in [4.78, 5) is 9.47. The second-order valence-corrected chi connectivity index (χ2v) is 16.4. The maximum Gasteiger partial charge on any atom is 0.137 e. The molecule has 0 atom stereocenters. The van der Waals surface area contributed by atoms with Crippen LogP contribution in [0.4, 0.5) is 17.1 Å². The van der Waals surface area contributed by atoms with E-state index in [1.54, 1.807) is 0 Å². The molecule has 0 bridgehead atoms. The van der Waals surface area contributed by atoms with Crippen molar-refractivity contribution in [3.63, 3.8) is 0 Å². The zero-order valence-electron chi connectivity index (χ0n) is 38.2. The topological polar surface area (TPSA) is 33.5 Å². The molecule has 0 fully saturated rings. The fraction of sp³-hybridized carbons (Fsp3) is 0.212. The van der Waals surface area contributed by atoms with E-state index >= 15 is 0 Å². The number of aromatic nitrogens is 2. The molecule has 0 saturated heterocycles. The second kappa shape index (κ2) is 15.0. The van der Waals surface area contributed by atoms with Gasteiger partial charge in [-0.1, -0.05) is 119 Å². The molecule has 0 spiro atoms. The van der Waals surface area contributed by atoms with Gasteiger partial charge in [0.2, 0.25) is 0 Å². The molecule has 0 N–H and O–H groups in total. The molecule has 2 aromatic heterocycles. The van der Waals surface area contributed by atoms with Crippen LogP contribution in [0.3, 0.4) is 0 Å². The van der Waals surface area contributed by atoms with Gasteiger partial charge < -0.3 is 14.5 Å². The highest BCUT2D eigenvalue weighted by Gasteiger charge is 2.27. The lowest BCUT2D eigenvalue weighted by atomic mass is 9.84. The average molecular weight is 752 g/mol. The van der Waals surface area contributed by atoms with Crippen LogP contribution in [0.2, 0.25) is 0 Å². The molecule has 5 heteroatoms. The summed E-state index contributed by atoms with van der Waals surface area (Å²) in [6, 6.07) is 40.3. The molecule has 284 valence electrons. The molecule has 1 aliphatic rings. The van der Waals surface area contributed by atoms with Gasteiger partial charge in [-0.05, 0) is 107 Å². The number of fused-ring (bicyclic) bond motifs is 4. The molecule has 6 aromatic carbocycles. The van der Waals surface area contributed by atoms with E-state index in [4.69, 9.17) is 16.6 Å². The van der Waals surface area contributed by atoms with Crippen molar-refractivity contribution < 1.29 is 11.6 Å². The van der Waals surface area contributed by atoms with Gasteiger partial charge in [0.15, 0.2) is 0 Å². The molecular weight excluding hydrogens is 697 g/mol. The molecule has 57 heavy (non-hydrogen) atoms. The quantitative estimate of drug-likeness (QED) is 0.139. The Bertz CT molecular complexity index is 2980. The molecule has 1 aliphatic heterocycles. The highest BCUT2D eigenvalue weighted by molar-refractivity contribution is 6.09. The summed E-state index contributed by atoms with van der Waals surface area (Å²) < 4.78 is 51.4. The number of rotatable bonds is 10. The smallest absolute Gasteiger partial charge is 0.137 e. The number of anilines is 3. The van der Waals surface area contributed by atoms with Crippen LogP contribution in [-0.4, -0.2) is 22.8 Å². The van der Waals surface area contributed by atoms with Gasteiger partial charge in [0.25, 0.3) is 0 Å². The maximum atomic E-state index is 8.78. The number of para-hydroxylation sites is 3. The van der Waals surface area contributed by atoms with E-state index in [2.05, 4.69) is 140 Å². The SMILES string of the molecule is [2H]c1c([2H])c([2H])c(-c2ccc(C(C)(C)C)cc2CCN2CN(c3cccc(Oc4ccc5c6ccccc6n(-c6cc(CC(C)C)ccn6)c5c4)c3)c3ccccc32)c([2H])c1[2H]. The predicted octanol–water partition coefficient (Wildman–Crippen LogP) is 13.3. The van der Waals surface area contributed by atoms with Crippen LogP contribution < -0.4 is 14.5 Å². The molecule has 3 heterocycles. The minimum atomic E-state index is -0.388. The monoisotopic (exact) mass is 751 g/mol. The van der Waals surface area contributed by atoms with Crippen LogP contribution >= 0.6 is 0 Å². The molecule has 5 nitrogen and oxygen atoms in total. The lowest BCUT2D eigenvalue weighted by molar-refractivity contribution is 0.483. The molecule has 0 amide bonds. The van der Waals surface area contributed by atoms with Crippen LogP contribution in [0.25, 0.3) is 38.8 Å². The minimum Gasteiger partial charge on any atom is -0.457 e. The standard InChI is InChI=1S/C52H50N4O/c1-36(2)30-37-26-28-53-51(31-37)56-47-19-10-9-18-45(47)46-25-23-43(34-50(46)56)57-42-17-13-16-41(33-42)55-35-54(48-20-11-12-21-49(48)55)29-27-39-32-40(52(3,4)5)22-24-44(39)38-14-7-6-8-15-38/h6-26,28,31-34,36H,27,29-30,35H2,1-5H3/i6D,7D,8D,14D,15D. The summed E-state index contributed by atoms with van der Waals surface area (Å²) in [7, 11) is 0. The largest absolute Gasteiger partial charge is 0.457 e. The number of hydrogen-bond donors (Lipinski definition) is 0. The summed E-state index contributed by atoms with van der Waals surface area (Å²) in [5, 5.41) is 2.30. The lowest BCUT2D eigenvalue weighted by Gasteiger charge is -2.24. The van der Waals surface area contributed by atoms with Crippen molar-refractivity contribution in [1.82, 2.24) is 9.55 Å². The van der Waals surface area contributed by atoms with E-state index in [-0.39, 0.29) is 41.2 Å². The first-order valence-electron chi connectivity index (χ1n) is 22.4. The van der Waals surface area contributed by atoms with E-state index < -0.39 is 0 Å². The summed E-state index contributed by atoms with van der Waals surface area (Å²) in [6.07, 6.45) is 3.49. The number of nitrogens with zero attached hydrogens (tertiary/aromatic N) is 4. The van der Waals surface area contributed by atoms with Gasteiger partial charge in [-0.25, -0.2) is 4.98 Å². The van der Waals surface area contributed by atoms with Crippen molar-refractivity contribution in [2.45, 2.75) is 52.9 Å². The Balaban J connectivity index is 1.01. The van der Waals surface area contributed by atoms with Crippen LogP contribution in [0.15, 0.2) is 158 Å². The molecular formula is C52H50N4O. The van der Waals surface area contributed by atoms with Crippen LogP contribution in [0.5, 0.6) is 11.5 Å². The Morgan fingerprint density at radius 3 is 2.33 bits per heavy atom. The third-order valence-corrected chi connectivity index (χ3v) is 10.9. The van der Waals surface area contributed by atoms with E-state index in [1.165, 1.54) is 5.56 Å². The maximum absolute atomic E-state index is 8.78. The lowest BCUT2D eigenvalue weighted by Crippen LogP contribution is -2.29. The third-order valence-electron chi connectivity index (χ3n) is 10.9. The Labute approximate surface area is 343 Å². The first-order valence-corrected chi connectivity index (χ1v) is 19.9. The summed E-state index contributed by atoms with van der Waals surface area (Å²) >= 11 is 0. The molecule has 0 saturated carbocycles. The van der Waals surface area contributed by atoms with Gasteiger partial charge in [-0.3, -0.25) is 4.57 Å². The number of pyridine rings is 1. The molecule has 0 radical (unpaired) electrons. The summed E-state index contributed by atoms with van der Waals surface area (Å²) in [6.45, 7) is 12.2. The Morgan fingerprint density at radius 2 is 1.51 bits per heavy atom. The minimum absolute atomic E-state index is 0.141. The zero-order valence-corrected chi connectivity index (χ0v) is 33.2. The van der Waals surface area contributed by atoms with Gasteiger partial charge in [-0.15, -0.1) is 0 Å². The van der Waals surface area contributed by atoms with Gasteiger partial charge in [-0.2, -0.15) is 0 Å². The third kappa shape index (κ3) is 7.26. The van der Waals surface area contributed by atoms with E-state index in [1.807, 2.05) is 36.5 Å². The average Bonchev–Trinajstić information content (AvgIpc) is 3.79. The number of hydrogen-bond acceptors (Lipinski definition) is 4. The molecule has 8 aromatic rings. The van der Waals surface area contributed by atoms with Crippen LogP contribution in [0.1, 0.15) is 58.2 Å². The van der Waals surface area contributed by atoms with E-state index in [0.717, 1.165) is 73.7 Å². The van der Waals surface area contributed by atoms with Gasteiger partial charge in [0.1, 0.15) is 17.3 Å². The van der Waals surface area contributed by atoms with E-state index in [0.29, 0.717) is 31.1 Å². The summed E-state index contributed by atoms with van der Waals surface area (Å²) in [5.41, 5.74) is 9.38. The first kappa shape index (κ1) is 30.8. The Hall–Kier alpha value is -6.33. The second-order valence-electron chi connectivity index (χ2n) is 16.4. The van der Waals surface area contributed by atoms with E-state index in [9.17, 15) is 0 Å². The number of benzene rings is 6. The van der Waals surface area contributed by atoms with Crippen molar-refractivity contribution in [2.24, 2.45) is 5.92 Å². The first-order chi connectivity index (χ1) is 29.8. The normalized spacial score (nSPS) is 14.1. The van der Waals surface area contributed by atoms with Crippen molar-refractivity contribution in [2.75, 3.05) is 23.0 Å². The van der Waals surface area contributed by atoms with Gasteiger partial charge in [0.05, 0.1) is 35.9 Å². The predicted molar refractivity (Wildman–Crippen MR) is 239 cm³/mol. The van der Waals surface area contributed by atoms with Crippen molar-refractivity contribution in [3.05, 3.63) is 174 Å². The van der Waals surface area contributed by atoms with Gasteiger partial charge in [0, 0.05) is 41.3 Å². The highest BCUT2D eigenvalue weighted by atomic mass is 16.5. The van der Waals surface area contributed by atoms with Gasteiger partial charge >= 0.3 is 0 Å². The molecule has 9 rings (SSSR count). The van der Waals surface area contributed by atoms with Crippen molar-refractivity contribution in [3.8, 4) is 28.4 Å². The molecule has 0 aliphatic carbocycles. The molecule has 0 unspecified atom stereocenters. The fourth-order valence-corrected chi connectivity index (χ4v) is 8.14. The summed E-state index contributed by atoms with van der Waals surface area (Å²) in [5.74, 6) is 2.87.